The van der Waals surface area contributed by atoms with Gasteiger partial charge in [-0.25, -0.2) is 9.59 Å². The van der Waals surface area contributed by atoms with Crippen LogP contribution in [-0.4, -0.2) is 24.6 Å². The number of anilines is 1. The number of carbonyl (C=O) groups is 2. The third kappa shape index (κ3) is 5.46. The third-order valence-corrected chi connectivity index (χ3v) is 4.90. The maximum absolute atomic E-state index is 12.6. The van der Waals surface area contributed by atoms with Crippen LogP contribution < -0.4 is 15.7 Å². The molecule has 3 aromatic carbocycles. The minimum atomic E-state index is -1.03. The Morgan fingerprint density at radius 1 is 0.939 bits per heavy atom. The van der Waals surface area contributed by atoms with E-state index in [4.69, 9.17) is 13.9 Å². The van der Waals surface area contributed by atoms with Crippen LogP contribution in [0.5, 0.6) is 5.75 Å². The summed E-state index contributed by atoms with van der Waals surface area (Å²) in [5.41, 5.74) is 2.30. The number of esters is 1. The van der Waals surface area contributed by atoms with Crippen LogP contribution in [-0.2, 0) is 14.3 Å². The van der Waals surface area contributed by atoms with Crippen LogP contribution >= 0.6 is 0 Å². The zero-order valence-corrected chi connectivity index (χ0v) is 17.8. The van der Waals surface area contributed by atoms with E-state index in [1.807, 2.05) is 48.5 Å². The lowest BCUT2D eigenvalue weighted by molar-refractivity contribution is -0.155. The number of benzene rings is 3. The highest BCUT2D eigenvalue weighted by Gasteiger charge is 2.19. The van der Waals surface area contributed by atoms with Gasteiger partial charge < -0.3 is 19.2 Å². The molecular formula is C26H21NO6. The normalized spacial score (nSPS) is 11.5. The SMILES string of the molecule is CC(OC(=O)COc1ccc2ccc(=O)oc2c1)C(=O)Nc1ccccc1-c1ccccc1. The number of para-hydroxylation sites is 1. The highest BCUT2D eigenvalue weighted by Crippen LogP contribution is 2.27. The van der Waals surface area contributed by atoms with Gasteiger partial charge in [-0.05, 0) is 36.8 Å². The molecule has 0 bridgehead atoms. The smallest absolute Gasteiger partial charge is 0.344 e. The molecule has 7 nitrogen and oxygen atoms in total. The van der Waals surface area contributed by atoms with Crippen molar-refractivity contribution in [2.75, 3.05) is 11.9 Å². The Morgan fingerprint density at radius 3 is 2.48 bits per heavy atom. The zero-order chi connectivity index (χ0) is 23.2. The number of amides is 1. The van der Waals surface area contributed by atoms with E-state index in [-0.39, 0.29) is 0 Å². The average Bonchev–Trinajstić information content (AvgIpc) is 2.83. The molecule has 0 saturated heterocycles. The molecule has 0 radical (unpaired) electrons. The van der Waals surface area contributed by atoms with Crippen LogP contribution in [0.4, 0.5) is 5.69 Å². The Kier molecular flexibility index (Phi) is 6.50. The summed E-state index contributed by atoms with van der Waals surface area (Å²) in [5, 5.41) is 3.54. The second-order valence-corrected chi connectivity index (χ2v) is 7.28. The molecular weight excluding hydrogens is 422 g/mol. The molecule has 1 amide bonds. The van der Waals surface area contributed by atoms with Gasteiger partial charge in [0.2, 0.25) is 0 Å². The minimum Gasteiger partial charge on any atom is -0.482 e. The Balaban J connectivity index is 1.35. The van der Waals surface area contributed by atoms with Gasteiger partial charge in [-0.3, -0.25) is 4.79 Å². The van der Waals surface area contributed by atoms with Crippen LogP contribution in [0.1, 0.15) is 6.92 Å². The number of ether oxygens (including phenoxy) is 2. The number of nitrogens with one attached hydrogen (secondary N) is 1. The third-order valence-electron chi connectivity index (χ3n) is 4.90. The molecule has 4 rings (SSSR count). The standard InChI is InChI=1S/C26H21NO6/c1-17(26(30)27-22-10-6-5-9-21(22)18-7-3-2-4-8-18)32-25(29)16-31-20-13-11-19-12-14-24(28)33-23(19)15-20/h2-15,17H,16H2,1H3,(H,27,30). The van der Waals surface area contributed by atoms with Crippen LogP contribution in [0.25, 0.3) is 22.1 Å². The first kappa shape index (κ1) is 21.8. The monoisotopic (exact) mass is 443 g/mol. The molecule has 7 heteroatoms. The average molecular weight is 443 g/mol. The van der Waals surface area contributed by atoms with Gasteiger partial charge in [-0.1, -0.05) is 48.5 Å². The second kappa shape index (κ2) is 9.82. The summed E-state index contributed by atoms with van der Waals surface area (Å²) in [6.07, 6.45) is -1.03. The lowest BCUT2D eigenvalue weighted by Gasteiger charge is -2.16. The maximum Gasteiger partial charge on any atom is 0.344 e. The van der Waals surface area contributed by atoms with Gasteiger partial charge in [0.1, 0.15) is 11.3 Å². The summed E-state index contributed by atoms with van der Waals surface area (Å²) in [4.78, 5) is 36.2. The molecule has 0 fully saturated rings. The van der Waals surface area contributed by atoms with E-state index in [1.54, 1.807) is 24.3 Å². The Morgan fingerprint density at radius 2 is 1.67 bits per heavy atom. The summed E-state index contributed by atoms with van der Waals surface area (Å²) >= 11 is 0. The molecule has 1 unspecified atom stereocenters. The van der Waals surface area contributed by atoms with Crippen LogP contribution in [0.15, 0.2) is 94.1 Å². The second-order valence-electron chi connectivity index (χ2n) is 7.28. The molecule has 0 saturated carbocycles. The Labute approximate surface area is 189 Å². The van der Waals surface area contributed by atoms with Gasteiger partial charge in [0, 0.05) is 28.8 Å². The fraction of sp³-hybridized carbons (Fsp3) is 0.115. The molecule has 1 heterocycles. The van der Waals surface area contributed by atoms with Crippen molar-refractivity contribution < 1.29 is 23.5 Å². The molecule has 33 heavy (non-hydrogen) atoms. The van der Waals surface area contributed by atoms with Crippen molar-refractivity contribution in [1.29, 1.82) is 0 Å². The van der Waals surface area contributed by atoms with Crippen molar-refractivity contribution >= 4 is 28.5 Å². The van der Waals surface area contributed by atoms with Crippen molar-refractivity contribution in [1.82, 2.24) is 0 Å². The summed E-state index contributed by atoms with van der Waals surface area (Å²) in [7, 11) is 0. The molecule has 1 N–H and O–H groups in total. The van der Waals surface area contributed by atoms with E-state index in [0.29, 0.717) is 17.0 Å². The lowest BCUT2D eigenvalue weighted by atomic mass is 10.0. The molecule has 166 valence electrons. The summed E-state index contributed by atoms with van der Waals surface area (Å²) in [6.45, 7) is 1.09. The number of hydrogen-bond acceptors (Lipinski definition) is 6. The van der Waals surface area contributed by atoms with Crippen molar-refractivity contribution in [3.8, 4) is 16.9 Å². The van der Waals surface area contributed by atoms with E-state index in [2.05, 4.69) is 5.32 Å². The predicted molar refractivity (Wildman–Crippen MR) is 124 cm³/mol. The Bertz CT molecular complexity index is 1350. The van der Waals surface area contributed by atoms with Gasteiger partial charge in [-0.15, -0.1) is 0 Å². The molecule has 0 aliphatic carbocycles. The van der Waals surface area contributed by atoms with Gasteiger partial charge in [0.15, 0.2) is 12.7 Å². The van der Waals surface area contributed by atoms with Gasteiger partial charge in [0.05, 0.1) is 0 Å². The van der Waals surface area contributed by atoms with Crippen molar-refractivity contribution in [2.45, 2.75) is 13.0 Å². The number of hydrogen-bond donors (Lipinski definition) is 1. The fourth-order valence-corrected chi connectivity index (χ4v) is 3.25. The van der Waals surface area contributed by atoms with E-state index in [0.717, 1.165) is 16.5 Å². The number of rotatable bonds is 7. The van der Waals surface area contributed by atoms with Gasteiger partial charge in [-0.2, -0.15) is 0 Å². The fourth-order valence-electron chi connectivity index (χ4n) is 3.25. The van der Waals surface area contributed by atoms with Crippen molar-refractivity contribution in [3.05, 3.63) is 95.3 Å². The van der Waals surface area contributed by atoms with Gasteiger partial charge >= 0.3 is 11.6 Å². The highest BCUT2D eigenvalue weighted by molar-refractivity contribution is 5.98. The first-order valence-electron chi connectivity index (χ1n) is 10.3. The van der Waals surface area contributed by atoms with E-state index in [1.165, 1.54) is 19.1 Å². The Hall–Kier alpha value is -4.39. The maximum atomic E-state index is 12.6. The number of carbonyl (C=O) groups excluding carboxylic acids is 2. The first-order valence-corrected chi connectivity index (χ1v) is 10.3. The lowest BCUT2D eigenvalue weighted by Crippen LogP contribution is -2.31. The molecule has 1 atom stereocenters. The van der Waals surface area contributed by atoms with Crippen molar-refractivity contribution in [2.24, 2.45) is 0 Å². The quantitative estimate of drug-likeness (QED) is 0.336. The van der Waals surface area contributed by atoms with Crippen LogP contribution in [0.3, 0.4) is 0 Å². The van der Waals surface area contributed by atoms with Crippen LogP contribution in [0, 0.1) is 0 Å². The van der Waals surface area contributed by atoms with Gasteiger partial charge in [0.25, 0.3) is 5.91 Å². The molecule has 0 spiro atoms. The molecule has 0 aliphatic rings. The molecule has 1 aromatic heterocycles. The summed E-state index contributed by atoms with van der Waals surface area (Å²) < 4.78 is 15.7. The predicted octanol–water partition coefficient (Wildman–Crippen LogP) is 4.41. The van der Waals surface area contributed by atoms with E-state index >= 15 is 0 Å². The topological polar surface area (TPSA) is 94.8 Å². The highest BCUT2D eigenvalue weighted by atomic mass is 16.6. The van der Waals surface area contributed by atoms with E-state index in [9.17, 15) is 14.4 Å². The first-order chi connectivity index (χ1) is 16.0. The molecule has 0 aliphatic heterocycles. The summed E-state index contributed by atoms with van der Waals surface area (Å²) in [5.74, 6) is -0.828. The van der Waals surface area contributed by atoms with Crippen molar-refractivity contribution in [3.63, 3.8) is 0 Å². The van der Waals surface area contributed by atoms with E-state index < -0.39 is 30.2 Å². The minimum absolute atomic E-state index is 0.336. The zero-order valence-electron chi connectivity index (χ0n) is 17.8. The number of fused-ring (bicyclic) bond motifs is 1. The summed E-state index contributed by atoms with van der Waals surface area (Å²) in [6, 6.07) is 24.9. The van der Waals surface area contributed by atoms with Crippen LogP contribution in [0.2, 0.25) is 0 Å². The molecule has 4 aromatic rings. The largest absolute Gasteiger partial charge is 0.482 e.